The standard InChI is InChI=1S/C16H21ClFN3/c1-10(2)5-11(8-19)6-16-20-9-15(21-16)13-4-3-12(18)7-14(13)17/h3-4,7,9-11H,5-6,8,19H2,1-2H3,(H,20,21). The average molecular weight is 310 g/mol. The third kappa shape index (κ3) is 4.29. The molecule has 2 rings (SSSR count). The van der Waals surface area contributed by atoms with Gasteiger partial charge in [-0.25, -0.2) is 9.37 Å². The molecule has 0 aliphatic rings. The minimum Gasteiger partial charge on any atom is -0.342 e. The van der Waals surface area contributed by atoms with Gasteiger partial charge in [0.05, 0.1) is 16.9 Å². The largest absolute Gasteiger partial charge is 0.342 e. The third-order valence-electron chi connectivity index (χ3n) is 3.47. The molecule has 1 aromatic heterocycles. The van der Waals surface area contributed by atoms with E-state index in [1.165, 1.54) is 12.1 Å². The number of aromatic nitrogens is 2. The number of imidazole rings is 1. The van der Waals surface area contributed by atoms with Crippen LogP contribution in [0.5, 0.6) is 0 Å². The molecule has 1 unspecified atom stereocenters. The van der Waals surface area contributed by atoms with Gasteiger partial charge in [-0.3, -0.25) is 0 Å². The SMILES string of the molecule is CC(C)CC(CN)Cc1ncc(-c2ccc(F)cc2Cl)[nH]1. The summed E-state index contributed by atoms with van der Waals surface area (Å²) in [6.07, 6.45) is 3.62. The van der Waals surface area contributed by atoms with Gasteiger partial charge in [-0.2, -0.15) is 0 Å². The highest BCUT2D eigenvalue weighted by Gasteiger charge is 2.13. The summed E-state index contributed by atoms with van der Waals surface area (Å²) in [5, 5.41) is 0.378. The van der Waals surface area contributed by atoms with E-state index in [1.807, 2.05) is 0 Å². The predicted octanol–water partition coefficient (Wildman–Crippen LogP) is 4.03. The molecule has 1 atom stereocenters. The summed E-state index contributed by atoms with van der Waals surface area (Å²) in [5.41, 5.74) is 7.38. The lowest BCUT2D eigenvalue weighted by atomic mass is 9.94. The van der Waals surface area contributed by atoms with Gasteiger partial charge < -0.3 is 10.7 Å². The van der Waals surface area contributed by atoms with Gasteiger partial charge >= 0.3 is 0 Å². The van der Waals surface area contributed by atoms with E-state index in [0.717, 1.165) is 29.9 Å². The first-order valence-corrected chi connectivity index (χ1v) is 7.56. The number of nitrogens with zero attached hydrogens (tertiary/aromatic N) is 1. The van der Waals surface area contributed by atoms with E-state index < -0.39 is 0 Å². The van der Waals surface area contributed by atoms with Crippen molar-refractivity contribution in [3.8, 4) is 11.3 Å². The molecule has 1 heterocycles. The van der Waals surface area contributed by atoms with Gasteiger partial charge in [0.15, 0.2) is 0 Å². The van der Waals surface area contributed by atoms with Gasteiger partial charge in [0.1, 0.15) is 11.6 Å². The summed E-state index contributed by atoms with van der Waals surface area (Å²) in [7, 11) is 0. The minimum absolute atomic E-state index is 0.344. The Kier molecular flexibility index (Phi) is 5.37. The molecule has 0 saturated carbocycles. The lowest BCUT2D eigenvalue weighted by Crippen LogP contribution is -2.19. The highest BCUT2D eigenvalue weighted by Crippen LogP contribution is 2.27. The van der Waals surface area contributed by atoms with Gasteiger partial charge in [0, 0.05) is 12.0 Å². The summed E-state index contributed by atoms with van der Waals surface area (Å²) >= 11 is 6.07. The molecule has 0 fully saturated rings. The third-order valence-corrected chi connectivity index (χ3v) is 3.78. The van der Waals surface area contributed by atoms with Crippen LogP contribution >= 0.6 is 11.6 Å². The van der Waals surface area contributed by atoms with Crippen molar-refractivity contribution >= 4 is 11.6 Å². The zero-order valence-electron chi connectivity index (χ0n) is 12.4. The number of nitrogens with two attached hydrogens (primary N) is 1. The molecule has 3 nitrogen and oxygen atoms in total. The van der Waals surface area contributed by atoms with Gasteiger partial charge in [-0.15, -0.1) is 0 Å². The zero-order valence-corrected chi connectivity index (χ0v) is 13.1. The number of hydrogen-bond donors (Lipinski definition) is 2. The maximum Gasteiger partial charge on any atom is 0.124 e. The van der Waals surface area contributed by atoms with Crippen molar-refractivity contribution < 1.29 is 4.39 Å². The Morgan fingerprint density at radius 2 is 2.14 bits per heavy atom. The number of halogens is 2. The number of H-pyrrole nitrogens is 1. The second-order valence-corrected chi connectivity index (χ2v) is 6.21. The molecule has 3 N–H and O–H groups in total. The van der Waals surface area contributed by atoms with Gasteiger partial charge in [0.25, 0.3) is 0 Å². The Morgan fingerprint density at radius 3 is 2.76 bits per heavy atom. The van der Waals surface area contributed by atoms with E-state index in [2.05, 4.69) is 23.8 Å². The van der Waals surface area contributed by atoms with Crippen molar-refractivity contribution in [3.05, 3.63) is 41.1 Å². The molecule has 1 aromatic carbocycles. The summed E-state index contributed by atoms with van der Waals surface area (Å²) in [5.74, 6) is 1.57. The first-order chi connectivity index (χ1) is 9.99. The van der Waals surface area contributed by atoms with E-state index in [1.54, 1.807) is 12.3 Å². The Hall–Kier alpha value is -1.39. The van der Waals surface area contributed by atoms with Crippen LogP contribution in [0.3, 0.4) is 0 Å². The van der Waals surface area contributed by atoms with Crippen molar-refractivity contribution in [2.45, 2.75) is 26.7 Å². The Morgan fingerprint density at radius 1 is 1.38 bits per heavy atom. The first-order valence-electron chi connectivity index (χ1n) is 7.19. The molecule has 114 valence electrons. The zero-order chi connectivity index (χ0) is 15.4. The fourth-order valence-corrected chi connectivity index (χ4v) is 2.78. The van der Waals surface area contributed by atoms with Crippen LogP contribution in [0.15, 0.2) is 24.4 Å². The predicted molar refractivity (Wildman–Crippen MR) is 84.7 cm³/mol. The highest BCUT2D eigenvalue weighted by atomic mass is 35.5. The maximum atomic E-state index is 13.1. The lowest BCUT2D eigenvalue weighted by Gasteiger charge is -2.15. The Bertz CT molecular complexity index is 595. The average Bonchev–Trinajstić information content (AvgIpc) is 2.85. The second-order valence-electron chi connectivity index (χ2n) is 5.80. The van der Waals surface area contributed by atoms with Crippen LogP contribution in [0, 0.1) is 17.7 Å². The molecular formula is C16H21ClFN3. The van der Waals surface area contributed by atoms with Crippen molar-refractivity contribution in [2.24, 2.45) is 17.6 Å². The molecule has 0 aliphatic carbocycles. The molecule has 0 amide bonds. The normalized spacial score (nSPS) is 12.9. The second kappa shape index (κ2) is 7.05. The van der Waals surface area contributed by atoms with Crippen molar-refractivity contribution in [1.82, 2.24) is 9.97 Å². The molecular weight excluding hydrogens is 289 g/mol. The number of hydrogen-bond acceptors (Lipinski definition) is 2. The van der Waals surface area contributed by atoms with Crippen molar-refractivity contribution in [3.63, 3.8) is 0 Å². The summed E-state index contributed by atoms with van der Waals surface area (Å²) < 4.78 is 13.1. The molecule has 0 spiro atoms. The quantitative estimate of drug-likeness (QED) is 0.846. The molecule has 0 radical (unpaired) electrons. The molecule has 0 bridgehead atoms. The maximum absolute atomic E-state index is 13.1. The monoisotopic (exact) mass is 309 g/mol. The smallest absolute Gasteiger partial charge is 0.124 e. The van der Waals surface area contributed by atoms with Crippen LogP contribution in [0.1, 0.15) is 26.1 Å². The van der Waals surface area contributed by atoms with E-state index in [-0.39, 0.29) is 5.82 Å². The van der Waals surface area contributed by atoms with Crippen LogP contribution in [0.25, 0.3) is 11.3 Å². The van der Waals surface area contributed by atoms with Crippen LogP contribution < -0.4 is 5.73 Å². The van der Waals surface area contributed by atoms with Gasteiger partial charge in [-0.05, 0) is 43.0 Å². The topological polar surface area (TPSA) is 54.7 Å². The van der Waals surface area contributed by atoms with E-state index >= 15 is 0 Å². The van der Waals surface area contributed by atoms with Crippen molar-refractivity contribution in [1.29, 1.82) is 0 Å². The molecule has 21 heavy (non-hydrogen) atoms. The Balaban J connectivity index is 2.14. The summed E-state index contributed by atoms with van der Waals surface area (Å²) in [6, 6.07) is 4.35. The van der Waals surface area contributed by atoms with E-state index in [4.69, 9.17) is 17.3 Å². The number of benzene rings is 1. The molecule has 5 heteroatoms. The minimum atomic E-state index is -0.344. The molecule has 0 saturated heterocycles. The van der Waals surface area contributed by atoms with E-state index in [0.29, 0.717) is 23.4 Å². The fourth-order valence-electron chi connectivity index (χ4n) is 2.51. The Labute approximate surface area is 129 Å². The van der Waals surface area contributed by atoms with E-state index in [9.17, 15) is 4.39 Å². The lowest BCUT2D eigenvalue weighted by molar-refractivity contribution is 0.409. The number of rotatable bonds is 6. The molecule has 2 aromatic rings. The highest BCUT2D eigenvalue weighted by molar-refractivity contribution is 6.33. The van der Waals surface area contributed by atoms with Crippen LogP contribution in [-0.2, 0) is 6.42 Å². The molecule has 0 aliphatic heterocycles. The van der Waals surface area contributed by atoms with Gasteiger partial charge in [0.2, 0.25) is 0 Å². The van der Waals surface area contributed by atoms with Gasteiger partial charge in [-0.1, -0.05) is 25.4 Å². The summed E-state index contributed by atoms with van der Waals surface area (Å²) in [6.45, 7) is 5.02. The first kappa shape index (κ1) is 16.0. The van der Waals surface area contributed by atoms with Crippen LogP contribution in [0.2, 0.25) is 5.02 Å². The van der Waals surface area contributed by atoms with Crippen LogP contribution in [-0.4, -0.2) is 16.5 Å². The fraction of sp³-hybridized carbons (Fsp3) is 0.438. The number of nitrogens with one attached hydrogen (secondary N) is 1. The van der Waals surface area contributed by atoms with Crippen molar-refractivity contribution in [2.75, 3.05) is 6.54 Å². The summed E-state index contributed by atoms with van der Waals surface area (Å²) in [4.78, 5) is 7.64. The number of aromatic amines is 1. The van der Waals surface area contributed by atoms with Crippen LogP contribution in [0.4, 0.5) is 4.39 Å².